The summed E-state index contributed by atoms with van der Waals surface area (Å²) in [6.45, 7) is 2.43. The molecule has 0 aliphatic carbocycles. The van der Waals surface area contributed by atoms with Gasteiger partial charge in [0.2, 0.25) is 0 Å². The molecule has 1 aliphatic heterocycles. The lowest BCUT2D eigenvalue weighted by atomic mass is 10.2. The van der Waals surface area contributed by atoms with Crippen LogP contribution in [0.1, 0.15) is 10.9 Å². The standard InChI is InChI=1S/C8H12N2O2S/c1-11-8-10-4-7(13-8)6-5-12-3-2-9-6/h4,6,9H,2-3,5H2,1H3. The fourth-order valence-corrected chi connectivity index (χ4v) is 2.06. The van der Waals surface area contributed by atoms with E-state index < -0.39 is 0 Å². The lowest BCUT2D eigenvalue weighted by Gasteiger charge is -2.22. The molecule has 2 heterocycles. The Bertz CT molecular complexity index is 271. The van der Waals surface area contributed by atoms with Gasteiger partial charge in [-0.1, -0.05) is 11.3 Å². The van der Waals surface area contributed by atoms with Crippen LogP contribution in [0.4, 0.5) is 0 Å². The highest BCUT2D eigenvalue weighted by Crippen LogP contribution is 2.26. The van der Waals surface area contributed by atoms with E-state index in [1.54, 1.807) is 18.4 Å². The molecule has 0 saturated carbocycles. The SMILES string of the molecule is COc1ncc(C2COCCN2)s1. The normalized spacial score (nSPS) is 23.0. The lowest BCUT2D eigenvalue weighted by Crippen LogP contribution is -2.33. The topological polar surface area (TPSA) is 43.4 Å². The van der Waals surface area contributed by atoms with E-state index in [9.17, 15) is 0 Å². The molecular weight excluding hydrogens is 188 g/mol. The van der Waals surface area contributed by atoms with Crippen molar-refractivity contribution in [1.82, 2.24) is 10.3 Å². The molecular formula is C8H12N2O2S. The minimum Gasteiger partial charge on any atom is -0.473 e. The summed E-state index contributed by atoms with van der Waals surface area (Å²) >= 11 is 1.56. The van der Waals surface area contributed by atoms with E-state index in [-0.39, 0.29) is 6.04 Å². The Hall–Kier alpha value is -0.650. The van der Waals surface area contributed by atoms with Crippen molar-refractivity contribution in [1.29, 1.82) is 0 Å². The molecule has 1 aliphatic rings. The number of thiazole rings is 1. The van der Waals surface area contributed by atoms with E-state index in [4.69, 9.17) is 9.47 Å². The van der Waals surface area contributed by atoms with Gasteiger partial charge < -0.3 is 14.8 Å². The summed E-state index contributed by atoms with van der Waals surface area (Å²) in [4.78, 5) is 5.29. The van der Waals surface area contributed by atoms with Crippen LogP contribution >= 0.6 is 11.3 Å². The zero-order valence-corrected chi connectivity index (χ0v) is 8.26. The minimum atomic E-state index is 0.287. The van der Waals surface area contributed by atoms with Gasteiger partial charge in [-0.15, -0.1) is 0 Å². The lowest BCUT2D eigenvalue weighted by molar-refractivity contribution is 0.0778. The van der Waals surface area contributed by atoms with Gasteiger partial charge in [0.25, 0.3) is 5.19 Å². The molecule has 0 radical (unpaired) electrons. The van der Waals surface area contributed by atoms with Crippen LogP contribution in [-0.2, 0) is 4.74 Å². The molecule has 1 atom stereocenters. The number of morpholine rings is 1. The molecule has 1 unspecified atom stereocenters. The van der Waals surface area contributed by atoms with Gasteiger partial charge in [0, 0.05) is 17.6 Å². The van der Waals surface area contributed by atoms with E-state index in [1.165, 1.54) is 4.88 Å². The average Bonchev–Trinajstić information content (AvgIpc) is 2.67. The summed E-state index contributed by atoms with van der Waals surface area (Å²) in [5.41, 5.74) is 0. The fraction of sp³-hybridized carbons (Fsp3) is 0.625. The molecule has 1 saturated heterocycles. The summed E-state index contributed by atoms with van der Waals surface area (Å²) in [5.74, 6) is 0. The number of methoxy groups -OCH3 is 1. The highest BCUT2D eigenvalue weighted by atomic mass is 32.1. The molecule has 72 valence electrons. The molecule has 1 N–H and O–H groups in total. The van der Waals surface area contributed by atoms with Crippen LogP contribution in [0.25, 0.3) is 0 Å². The van der Waals surface area contributed by atoms with Gasteiger partial charge in [-0.05, 0) is 0 Å². The molecule has 4 nitrogen and oxygen atoms in total. The number of nitrogens with zero attached hydrogens (tertiary/aromatic N) is 1. The van der Waals surface area contributed by atoms with E-state index in [0.717, 1.165) is 19.8 Å². The van der Waals surface area contributed by atoms with Gasteiger partial charge >= 0.3 is 0 Å². The van der Waals surface area contributed by atoms with Crippen molar-refractivity contribution in [3.05, 3.63) is 11.1 Å². The largest absolute Gasteiger partial charge is 0.473 e. The Morgan fingerprint density at radius 1 is 1.77 bits per heavy atom. The van der Waals surface area contributed by atoms with Gasteiger partial charge in [0.05, 0.1) is 26.4 Å². The van der Waals surface area contributed by atoms with Crippen LogP contribution in [-0.4, -0.2) is 31.9 Å². The third kappa shape index (κ3) is 1.99. The first-order valence-corrected chi connectivity index (χ1v) is 5.02. The van der Waals surface area contributed by atoms with Gasteiger partial charge in [0.1, 0.15) is 0 Å². The van der Waals surface area contributed by atoms with E-state index in [0.29, 0.717) is 5.19 Å². The van der Waals surface area contributed by atoms with Crippen molar-refractivity contribution < 1.29 is 9.47 Å². The van der Waals surface area contributed by atoms with E-state index in [2.05, 4.69) is 10.3 Å². The third-order valence-electron chi connectivity index (χ3n) is 1.94. The van der Waals surface area contributed by atoms with E-state index in [1.807, 2.05) is 6.20 Å². The quantitative estimate of drug-likeness (QED) is 0.767. The summed E-state index contributed by atoms with van der Waals surface area (Å²) < 4.78 is 10.4. The molecule has 1 aromatic rings. The van der Waals surface area contributed by atoms with Crippen molar-refractivity contribution in [2.75, 3.05) is 26.9 Å². The Kier molecular flexibility index (Phi) is 2.77. The number of nitrogens with one attached hydrogen (secondary N) is 1. The van der Waals surface area contributed by atoms with Gasteiger partial charge in [0.15, 0.2) is 0 Å². The summed E-state index contributed by atoms with van der Waals surface area (Å²) in [6.07, 6.45) is 1.84. The van der Waals surface area contributed by atoms with Crippen LogP contribution in [0.2, 0.25) is 0 Å². The van der Waals surface area contributed by atoms with Crippen LogP contribution in [0.3, 0.4) is 0 Å². The Morgan fingerprint density at radius 3 is 3.31 bits per heavy atom. The molecule has 13 heavy (non-hydrogen) atoms. The zero-order chi connectivity index (χ0) is 9.10. The Balaban J connectivity index is 2.05. The van der Waals surface area contributed by atoms with Crippen molar-refractivity contribution in [3.8, 4) is 5.19 Å². The van der Waals surface area contributed by atoms with Crippen molar-refractivity contribution in [3.63, 3.8) is 0 Å². The van der Waals surface area contributed by atoms with Crippen molar-refractivity contribution >= 4 is 11.3 Å². The first-order chi connectivity index (χ1) is 6.40. The molecule has 0 aromatic carbocycles. The second-order valence-electron chi connectivity index (χ2n) is 2.81. The van der Waals surface area contributed by atoms with Gasteiger partial charge in [-0.3, -0.25) is 0 Å². The molecule has 0 bridgehead atoms. The number of ether oxygens (including phenoxy) is 2. The predicted octanol–water partition coefficient (Wildman–Crippen LogP) is 0.813. The predicted molar refractivity (Wildman–Crippen MR) is 50.2 cm³/mol. The maximum Gasteiger partial charge on any atom is 0.273 e. The summed E-state index contributed by atoms with van der Waals surface area (Å²) in [5, 5.41) is 4.07. The van der Waals surface area contributed by atoms with Gasteiger partial charge in [-0.25, -0.2) is 4.98 Å². The number of hydrogen-bond donors (Lipinski definition) is 1. The van der Waals surface area contributed by atoms with E-state index >= 15 is 0 Å². The van der Waals surface area contributed by atoms with Gasteiger partial charge in [-0.2, -0.15) is 0 Å². The maximum atomic E-state index is 5.35. The number of hydrogen-bond acceptors (Lipinski definition) is 5. The monoisotopic (exact) mass is 200 g/mol. The maximum absolute atomic E-state index is 5.35. The Labute approximate surface area is 80.9 Å². The van der Waals surface area contributed by atoms with Crippen LogP contribution < -0.4 is 10.1 Å². The fourth-order valence-electron chi connectivity index (χ4n) is 1.27. The number of aromatic nitrogens is 1. The van der Waals surface area contributed by atoms with Crippen LogP contribution in [0, 0.1) is 0 Å². The zero-order valence-electron chi connectivity index (χ0n) is 7.45. The van der Waals surface area contributed by atoms with Crippen molar-refractivity contribution in [2.45, 2.75) is 6.04 Å². The first kappa shape index (κ1) is 8.93. The molecule has 1 fully saturated rings. The highest BCUT2D eigenvalue weighted by Gasteiger charge is 2.17. The first-order valence-electron chi connectivity index (χ1n) is 4.21. The summed E-state index contributed by atoms with van der Waals surface area (Å²) in [7, 11) is 1.63. The summed E-state index contributed by atoms with van der Waals surface area (Å²) in [6, 6.07) is 0.287. The number of rotatable bonds is 2. The van der Waals surface area contributed by atoms with Crippen LogP contribution in [0.5, 0.6) is 5.19 Å². The molecule has 0 amide bonds. The smallest absolute Gasteiger partial charge is 0.273 e. The molecule has 5 heteroatoms. The molecule has 2 rings (SSSR count). The van der Waals surface area contributed by atoms with Crippen molar-refractivity contribution in [2.24, 2.45) is 0 Å². The second-order valence-corrected chi connectivity index (χ2v) is 3.84. The third-order valence-corrected chi connectivity index (χ3v) is 3.01. The second kappa shape index (κ2) is 4.04. The van der Waals surface area contributed by atoms with Crippen LogP contribution in [0.15, 0.2) is 6.20 Å². The average molecular weight is 200 g/mol. The Morgan fingerprint density at radius 2 is 2.69 bits per heavy atom. The highest BCUT2D eigenvalue weighted by molar-refractivity contribution is 7.13. The minimum absolute atomic E-state index is 0.287. The molecule has 0 spiro atoms. The molecule has 1 aromatic heterocycles.